The lowest BCUT2D eigenvalue weighted by molar-refractivity contribution is 0.239. The second kappa shape index (κ2) is 6.62. The number of methoxy groups -OCH3 is 1. The summed E-state index contributed by atoms with van der Waals surface area (Å²) in [6, 6.07) is 5.68. The van der Waals surface area contributed by atoms with E-state index in [4.69, 9.17) is 22.1 Å². The van der Waals surface area contributed by atoms with Gasteiger partial charge < -0.3 is 15.8 Å². The molecule has 0 radical (unpaired) electrons. The number of benzene rings is 1. The minimum absolute atomic E-state index is 0. The third-order valence-electron chi connectivity index (χ3n) is 3.39. The van der Waals surface area contributed by atoms with Crippen molar-refractivity contribution in [3.05, 3.63) is 28.8 Å². The highest BCUT2D eigenvalue weighted by molar-refractivity contribution is 6.31. The molecule has 0 bridgehead atoms. The average molecular weight is 291 g/mol. The number of halogens is 2. The molecule has 1 aliphatic carbocycles. The Morgan fingerprint density at radius 2 is 2.17 bits per heavy atom. The van der Waals surface area contributed by atoms with Gasteiger partial charge in [0.2, 0.25) is 0 Å². The van der Waals surface area contributed by atoms with Crippen LogP contribution in [-0.4, -0.2) is 19.2 Å². The Kier molecular flexibility index (Phi) is 5.73. The van der Waals surface area contributed by atoms with Gasteiger partial charge >= 0.3 is 0 Å². The maximum Gasteiger partial charge on any atom is 0.119 e. The molecule has 2 rings (SSSR count). The Balaban J connectivity index is 0.00000162. The molecule has 0 heterocycles. The fourth-order valence-corrected chi connectivity index (χ4v) is 2.25. The summed E-state index contributed by atoms with van der Waals surface area (Å²) in [5.41, 5.74) is 7.20. The predicted molar refractivity (Wildman–Crippen MR) is 77.7 cm³/mol. The van der Waals surface area contributed by atoms with Gasteiger partial charge in [0.15, 0.2) is 0 Å². The third-order valence-corrected chi connectivity index (χ3v) is 3.76. The van der Waals surface area contributed by atoms with Crippen LogP contribution in [0, 0.1) is 0 Å². The Morgan fingerprint density at radius 1 is 1.44 bits per heavy atom. The summed E-state index contributed by atoms with van der Waals surface area (Å²) in [5.74, 6) is 0.831. The van der Waals surface area contributed by atoms with Crippen LogP contribution in [0.25, 0.3) is 0 Å². The van der Waals surface area contributed by atoms with Crippen LogP contribution in [0.3, 0.4) is 0 Å². The quantitative estimate of drug-likeness (QED) is 0.877. The van der Waals surface area contributed by atoms with Crippen LogP contribution in [0.5, 0.6) is 5.75 Å². The Morgan fingerprint density at radius 3 is 2.72 bits per heavy atom. The molecule has 0 aromatic heterocycles. The first kappa shape index (κ1) is 15.6. The normalized spacial score (nSPS) is 16.6. The molecule has 1 aliphatic rings. The van der Waals surface area contributed by atoms with Crippen LogP contribution < -0.4 is 15.8 Å². The van der Waals surface area contributed by atoms with Gasteiger partial charge in [-0.1, -0.05) is 11.6 Å². The van der Waals surface area contributed by atoms with Crippen molar-refractivity contribution < 1.29 is 4.74 Å². The topological polar surface area (TPSA) is 47.3 Å². The molecule has 0 aliphatic heterocycles. The van der Waals surface area contributed by atoms with E-state index in [2.05, 4.69) is 5.32 Å². The van der Waals surface area contributed by atoms with Crippen LogP contribution in [0.15, 0.2) is 18.2 Å². The summed E-state index contributed by atoms with van der Waals surface area (Å²) in [5, 5.41) is 4.13. The maximum atomic E-state index is 6.14. The molecule has 102 valence electrons. The molecule has 1 aromatic rings. The standard InChI is InChI=1S/C13H19ClN2O.ClH/c1-17-11-3-4-12(14)10(7-11)8-16-9-13(15)5-2-6-13;/h3-4,7,16H,2,5-6,8-9,15H2,1H3;1H. The monoisotopic (exact) mass is 290 g/mol. The van der Waals surface area contributed by atoms with Crippen molar-refractivity contribution in [3.63, 3.8) is 0 Å². The van der Waals surface area contributed by atoms with Crippen LogP contribution in [0.2, 0.25) is 5.02 Å². The lowest BCUT2D eigenvalue weighted by Gasteiger charge is -2.38. The van der Waals surface area contributed by atoms with Crippen LogP contribution in [0.4, 0.5) is 0 Å². The van der Waals surface area contributed by atoms with E-state index in [1.165, 1.54) is 6.42 Å². The summed E-state index contributed by atoms with van der Waals surface area (Å²) < 4.78 is 5.18. The number of hydrogen-bond acceptors (Lipinski definition) is 3. The number of nitrogens with two attached hydrogens (primary N) is 1. The van der Waals surface area contributed by atoms with Crippen molar-refractivity contribution in [2.75, 3.05) is 13.7 Å². The Hall–Kier alpha value is -0.480. The van der Waals surface area contributed by atoms with E-state index in [0.29, 0.717) is 0 Å². The first-order valence-corrected chi connectivity index (χ1v) is 6.33. The molecule has 3 N–H and O–H groups in total. The fraction of sp³-hybridized carbons (Fsp3) is 0.538. The van der Waals surface area contributed by atoms with Crippen molar-refractivity contribution in [1.82, 2.24) is 5.32 Å². The van der Waals surface area contributed by atoms with E-state index >= 15 is 0 Å². The van der Waals surface area contributed by atoms with Gasteiger partial charge in [-0.05, 0) is 43.0 Å². The summed E-state index contributed by atoms with van der Waals surface area (Å²) in [6.45, 7) is 1.58. The van der Waals surface area contributed by atoms with Crippen LogP contribution in [-0.2, 0) is 6.54 Å². The van der Waals surface area contributed by atoms with Gasteiger partial charge in [0.1, 0.15) is 5.75 Å². The smallest absolute Gasteiger partial charge is 0.119 e. The van der Waals surface area contributed by atoms with E-state index in [1.807, 2.05) is 18.2 Å². The zero-order valence-corrected chi connectivity index (χ0v) is 12.1. The first-order valence-electron chi connectivity index (χ1n) is 5.95. The lowest BCUT2D eigenvalue weighted by Crippen LogP contribution is -2.53. The number of hydrogen-bond donors (Lipinski definition) is 2. The van der Waals surface area contributed by atoms with Crippen LogP contribution >= 0.6 is 24.0 Å². The van der Waals surface area contributed by atoms with E-state index in [0.717, 1.165) is 42.3 Å². The third kappa shape index (κ3) is 3.75. The zero-order chi connectivity index (χ0) is 12.3. The second-order valence-electron chi connectivity index (χ2n) is 4.78. The zero-order valence-electron chi connectivity index (χ0n) is 10.5. The molecule has 0 amide bonds. The molecule has 0 atom stereocenters. The first-order chi connectivity index (χ1) is 8.13. The molecule has 5 heteroatoms. The SMILES string of the molecule is COc1ccc(Cl)c(CNCC2(N)CCC2)c1.Cl. The van der Waals surface area contributed by atoms with Gasteiger partial charge in [-0.25, -0.2) is 0 Å². The molecular weight excluding hydrogens is 271 g/mol. The van der Waals surface area contributed by atoms with Crippen molar-refractivity contribution in [2.45, 2.75) is 31.3 Å². The molecule has 0 saturated heterocycles. The van der Waals surface area contributed by atoms with Crippen molar-refractivity contribution in [1.29, 1.82) is 0 Å². The minimum Gasteiger partial charge on any atom is -0.497 e. The highest BCUT2D eigenvalue weighted by Crippen LogP contribution is 2.28. The summed E-state index contributed by atoms with van der Waals surface area (Å²) in [6.07, 6.45) is 3.48. The summed E-state index contributed by atoms with van der Waals surface area (Å²) in [4.78, 5) is 0. The van der Waals surface area contributed by atoms with Gasteiger partial charge in [0, 0.05) is 23.7 Å². The van der Waals surface area contributed by atoms with Gasteiger partial charge in [-0.15, -0.1) is 12.4 Å². The van der Waals surface area contributed by atoms with Gasteiger partial charge in [0.25, 0.3) is 0 Å². The van der Waals surface area contributed by atoms with E-state index in [9.17, 15) is 0 Å². The van der Waals surface area contributed by atoms with Gasteiger partial charge in [0.05, 0.1) is 7.11 Å². The summed E-state index contributed by atoms with van der Waals surface area (Å²) >= 11 is 6.12. The number of nitrogens with one attached hydrogen (secondary N) is 1. The molecule has 18 heavy (non-hydrogen) atoms. The fourth-order valence-electron chi connectivity index (χ4n) is 2.07. The highest BCUT2D eigenvalue weighted by Gasteiger charge is 2.31. The largest absolute Gasteiger partial charge is 0.497 e. The number of rotatable bonds is 5. The maximum absolute atomic E-state index is 6.14. The Bertz CT molecular complexity index is 395. The predicted octanol–water partition coefficient (Wildman–Crippen LogP) is 2.74. The second-order valence-corrected chi connectivity index (χ2v) is 5.18. The van der Waals surface area contributed by atoms with Crippen molar-refractivity contribution in [3.8, 4) is 5.75 Å². The molecule has 0 unspecified atom stereocenters. The molecule has 1 saturated carbocycles. The lowest BCUT2D eigenvalue weighted by atomic mass is 9.78. The van der Waals surface area contributed by atoms with E-state index in [1.54, 1.807) is 7.11 Å². The number of ether oxygens (including phenoxy) is 1. The molecule has 1 fully saturated rings. The van der Waals surface area contributed by atoms with E-state index in [-0.39, 0.29) is 17.9 Å². The van der Waals surface area contributed by atoms with Gasteiger partial charge in [-0.3, -0.25) is 0 Å². The molecule has 3 nitrogen and oxygen atoms in total. The Labute approximate surface area is 119 Å². The van der Waals surface area contributed by atoms with Crippen LogP contribution in [0.1, 0.15) is 24.8 Å². The minimum atomic E-state index is 0. The molecule has 0 spiro atoms. The molecular formula is C13H20Cl2N2O. The van der Waals surface area contributed by atoms with Crippen molar-refractivity contribution >= 4 is 24.0 Å². The van der Waals surface area contributed by atoms with E-state index < -0.39 is 0 Å². The van der Waals surface area contributed by atoms with Gasteiger partial charge in [-0.2, -0.15) is 0 Å². The summed E-state index contributed by atoms with van der Waals surface area (Å²) in [7, 11) is 1.66. The average Bonchev–Trinajstić information content (AvgIpc) is 2.29. The molecule has 1 aromatic carbocycles. The highest BCUT2D eigenvalue weighted by atomic mass is 35.5. The van der Waals surface area contributed by atoms with Crippen molar-refractivity contribution in [2.24, 2.45) is 5.73 Å².